The quantitative estimate of drug-likeness (QED) is 0.804. The fourth-order valence-corrected chi connectivity index (χ4v) is 1.28. The average molecular weight is 233 g/mol. The van der Waals surface area contributed by atoms with E-state index in [-0.39, 0.29) is 11.9 Å². The topological polar surface area (TPSA) is 55.4 Å². The Balaban J connectivity index is 2.65. The summed E-state index contributed by atoms with van der Waals surface area (Å²) in [6.45, 7) is 1.93. The second-order valence-corrected chi connectivity index (χ2v) is 3.46. The molecule has 0 bridgehead atoms. The van der Waals surface area contributed by atoms with Crippen LogP contribution in [0.4, 0.5) is 0 Å². The Bertz CT molecular complexity index is 438. The van der Waals surface area contributed by atoms with Crippen molar-refractivity contribution in [3.63, 3.8) is 0 Å². The zero-order chi connectivity index (χ0) is 12.7. The molecule has 0 spiro atoms. The molecule has 0 aliphatic rings. The third kappa shape index (κ3) is 4.51. The van der Waals surface area contributed by atoms with Gasteiger partial charge in [0.1, 0.15) is 0 Å². The molecular weight excluding hydrogens is 218 g/mol. The Hall–Kier alpha value is -2.10. The molecular formula is C13H15NO3. The lowest BCUT2D eigenvalue weighted by Crippen LogP contribution is -2.19. The number of nitrogens with one attached hydrogen (secondary N) is 1. The van der Waals surface area contributed by atoms with E-state index in [1.807, 2.05) is 18.2 Å². The summed E-state index contributed by atoms with van der Waals surface area (Å²) >= 11 is 0. The van der Waals surface area contributed by atoms with Crippen LogP contribution in [0.25, 0.3) is 6.08 Å². The largest absolute Gasteiger partial charge is 0.465 e. The molecule has 1 rings (SSSR count). The predicted molar refractivity (Wildman–Crippen MR) is 65.5 cm³/mol. The highest BCUT2D eigenvalue weighted by molar-refractivity contribution is 5.90. The summed E-state index contributed by atoms with van der Waals surface area (Å²) in [5, 5.41) is 2.65. The molecule has 0 fully saturated rings. The molecule has 4 nitrogen and oxygen atoms in total. The molecule has 0 heterocycles. The molecule has 0 aromatic heterocycles. The van der Waals surface area contributed by atoms with Gasteiger partial charge >= 0.3 is 5.97 Å². The summed E-state index contributed by atoms with van der Waals surface area (Å²) in [7, 11) is 1.35. The first-order valence-corrected chi connectivity index (χ1v) is 5.23. The molecule has 1 amide bonds. The number of rotatable bonds is 4. The number of methoxy groups -OCH3 is 1. The van der Waals surface area contributed by atoms with Gasteiger partial charge in [-0.3, -0.25) is 4.79 Å². The van der Waals surface area contributed by atoms with Gasteiger partial charge in [0.15, 0.2) is 0 Å². The monoisotopic (exact) mass is 233 g/mol. The fraction of sp³-hybridized carbons (Fsp3) is 0.231. The number of esters is 1. The van der Waals surface area contributed by atoms with Gasteiger partial charge in [-0.2, -0.15) is 0 Å². The van der Waals surface area contributed by atoms with E-state index in [1.54, 1.807) is 18.2 Å². The fourth-order valence-electron chi connectivity index (χ4n) is 1.28. The number of ether oxygens (including phenoxy) is 1. The second-order valence-electron chi connectivity index (χ2n) is 3.46. The van der Waals surface area contributed by atoms with Crippen molar-refractivity contribution in [2.24, 2.45) is 0 Å². The van der Waals surface area contributed by atoms with Crippen LogP contribution in [0, 0.1) is 0 Å². The zero-order valence-electron chi connectivity index (χ0n) is 9.90. The maximum absolute atomic E-state index is 11.3. The Morgan fingerprint density at radius 2 is 2.18 bits per heavy atom. The molecule has 1 aromatic rings. The number of amides is 1. The molecule has 4 heteroatoms. The molecule has 0 aliphatic carbocycles. The third-order valence-electron chi connectivity index (χ3n) is 2.09. The lowest BCUT2D eigenvalue weighted by atomic mass is 10.1. The highest BCUT2D eigenvalue weighted by Crippen LogP contribution is 2.08. The summed E-state index contributed by atoms with van der Waals surface area (Å²) < 4.78 is 4.63. The van der Waals surface area contributed by atoms with Crippen LogP contribution in [0.15, 0.2) is 30.3 Å². The molecule has 0 unspecified atom stereocenters. The van der Waals surface area contributed by atoms with Crippen LogP contribution in [0.3, 0.4) is 0 Å². The third-order valence-corrected chi connectivity index (χ3v) is 2.09. The molecule has 0 atom stereocenters. The SMILES string of the molecule is COC(=O)c1cccc(C=CCNC(C)=O)c1. The Kier molecular flexibility index (Phi) is 4.94. The minimum absolute atomic E-state index is 0.0713. The standard InChI is InChI=1S/C13H15NO3/c1-10(15)14-8-4-6-11-5-3-7-12(9-11)13(16)17-2/h3-7,9H,8H2,1-2H3,(H,14,15). The maximum atomic E-state index is 11.3. The van der Waals surface area contributed by atoms with E-state index < -0.39 is 0 Å². The van der Waals surface area contributed by atoms with Gasteiger partial charge in [0.05, 0.1) is 12.7 Å². The van der Waals surface area contributed by atoms with Crippen molar-refractivity contribution in [1.29, 1.82) is 0 Å². The minimum atomic E-state index is -0.359. The molecule has 0 radical (unpaired) electrons. The number of benzene rings is 1. The van der Waals surface area contributed by atoms with Crippen molar-refractivity contribution in [3.8, 4) is 0 Å². The van der Waals surface area contributed by atoms with Gasteiger partial charge in [0.25, 0.3) is 0 Å². The van der Waals surface area contributed by atoms with Crippen LogP contribution in [0.5, 0.6) is 0 Å². The van der Waals surface area contributed by atoms with Crippen molar-refractivity contribution in [2.45, 2.75) is 6.92 Å². The van der Waals surface area contributed by atoms with Gasteiger partial charge in [0.2, 0.25) is 5.91 Å². The van der Waals surface area contributed by atoms with Crippen LogP contribution in [0.2, 0.25) is 0 Å². The molecule has 90 valence electrons. The normalized spacial score (nSPS) is 10.2. The highest BCUT2D eigenvalue weighted by atomic mass is 16.5. The Morgan fingerprint density at radius 3 is 2.82 bits per heavy atom. The summed E-state index contributed by atoms with van der Waals surface area (Å²) in [6, 6.07) is 7.08. The van der Waals surface area contributed by atoms with Gasteiger partial charge in [0, 0.05) is 13.5 Å². The van der Waals surface area contributed by atoms with E-state index >= 15 is 0 Å². The second kappa shape index (κ2) is 6.48. The summed E-state index contributed by atoms with van der Waals surface area (Å²) in [4.78, 5) is 21.9. The smallest absolute Gasteiger partial charge is 0.337 e. The molecule has 0 saturated heterocycles. The van der Waals surface area contributed by atoms with Gasteiger partial charge in [-0.1, -0.05) is 24.3 Å². The number of hydrogen-bond donors (Lipinski definition) is 1. The van der Waals surface area contributed by atoms with E-state index in [9.17, 15) is 9.59 Å². The van der Waals surface area contributed by atoms with Crippen molar-refractivity contribution in [2.75, 3.05) is 13.7 Å². The number of carbonyl (C=O) groups is 2. The van der Waals surface area contributed by atoms with Gasteiger partial charge in [-0.05, 0) is 17.7 Å². The first kappa shape index (κ1) is 13.0. The van der Waals surface area contributed by atoms with E-state index in [2.05, 4.69) is 10.1 Å². The van der Waals surface area contributed by atoms with Crippen LogP contribution >= 0.6 is 0 Å². The van der Waals surface area contributed by atoms with E-state index in [4.69, 9.17) is 0 Å². The van der Waals surface area contributed by atoms with Crippen LogP contribution < -0.4 is 5.32 Å². The first-order chi connectivity index (χ1) is 8.13. The molecule has 17 heavy (non-hydrogen) atoms. The maximum Gasteiger partial charge on any atom is 0.337 e. The highest BCUT2D eigenvalue weighted by Gasteiger charge is 2.03. The van der Waals surface area contributed by atoms with Crippen molar-refractivity contribution in [1.82, 2.24) is 5.32 Å². The van der Waals surface area contributed by atoms with Crippen LogP contribution in [-0.4, -0.2) is 25.5 Å². The minimum Gasteiger partial charge on any atom is -0.465 e. The lowest BCUT2D eigenvalue weighted by Gasteiger charge is -2.00. The summed E-state index contributed by atoms with van der Waals surface area (Å²) in [5.74, 6) is -0.430. The lowest BCUT2D eigenvalue weighted by molar-refractivity contribution is -0.118. The van der Waals surface area contributed by atoms with E-state index in [0.29, 0.717) is 12.1 Å². The van der Waals surface area contributed by atoms with Gasteiger partial charge in [-0.25, -0.2) is 4.79 Å². The Labute approximate surface area is 100 Å². The summed E-state index contributed by atoms with van der Waals surface area (Å²) in [5.41, 5.74) is 1.40. The van der Waals surface area contributed by atoms with Gasteiger partial charge < -0.3 is 10.1 Å². The van der Waals surface area contributed by atoms with Crippen LogP contribution in [-0.2, 0) is 9.53 Å². The van der Waals surface area contributed by atoms with Crippen molar-refractivity contribution < 1.29 is 14.3 Å². The van der Waals surface area contributed by atoms with Crippen LogP contribution in [0.1, 0.15) is 22.8 Å². The number of hydrogen-bond acceptors (Lipinski definition) is 3. The van der Waals surface area contributed by atoms with Crippen molar-refractivity contribution in [3.05, 3.63) is 41.5 Å². The molecule has 0 aliphatic heterocycles. The van der Waals surface area contributed by atoms with Crippen molar-refractivity contribution >= 4 is 18.0 Å². The van der Waals surface area contributed by atoms with E-state index in [1.165, 1.54) is 14.0 Å². The molecule has 1 aromatic carbocycles. The average Bonchev–Trinajstić information content (AvgIpc) is 2.34. The Morgan fingerprint density at radius 1 is 1.41 bits per heavy atom. The van der Waals surface area contributed by atoms with Gasteiger partial charge in [-0.15, -0.1) is 0 Å². The summed E-state index contributed by atoms with van der Waals surface area (Å²) in [6.07, 6.45) is 3.65. The zero-order valence-corrected chi connectivity index (χ0v) is 9.90. The van der Waals surface area contributed by atoms with E-state index in [0.717, 1.165) is 5.56 Å². The molecule has 0 saturated carbocycles. The predicted octanol–water partition coefficient (Wildman–Crippen LogP) is 1.62. The molecule has 1 N–H and O–H groups in total. The number of carbonyl (C=O) groups excluding carboxylic acids is 2. The first-order valence-electron chi connectivity index (χ1n) is 5.23.